The van der Waals surface area contributed by atoms with E-state index in [2.05, 4.69) is 46.0 Å². The second kappa shape index (κ2) is 8.70. The summed E-state index contributed by atoms with van der Waals surface area (Å²) in [5.41, 5.74) is 11.7. The summed E-state index contributed by atoms with van der Waals surface area (Å²) in [6, 6.07) is 12.7. The lowest BCUT2D eigenvalue weighted by molar-refractivity contribution is 0.0342. The third-order valence-corrected chi connectivity index (χ3v) is 6.02. The van der Waals surface area contributed by atoms with Gasteiger partial charge in [-0.3, -0.25) is 4.90 Å². The molecule has 0 radical (unpaired) electrons. The van der Waals surface area contributed by atoms with Crippen LogP contribution in [-0.2, 0) is 11.3 Å². The maximum atomic E-state index is 6.71. The molecule has 2 heterocycles. The second-order valence-corrected chi connectivity index (χ2v) is 8.18. The highest BCUT2D eigenvalue weighted by atomic mass is 35.5. The van der Waals surface area contributed by atoms with Crippen molar-refractivity contribution < 1.29 is 4.74 Å². The Bertz CT molecular complexity index is 814. The molecule has 2 aliphatic rings. The summed E-state index contributed by atoms with van der Waals surface area (Å²) in [7, 11) is 2.15. The fraction of sp³-hybridized carbons (Fsp3) is 0.455. The SMILES string of the molecule is CN1CCN(c2cc(Cl)c(-c3cccc(CN4CCOCC4)c3)cc2N)CC1. The van der Waals surface area contributed by atoms with Crippen LogP contribution >= 0.6 is 11.6 Å². The largest absolute Gasteiger partial charge is 0.397 e. The van der Waals surface area contributed by atoms with Gasteiger partial charge < -0.3 is 20.3 Å². The van der Waals surface area contributed by atoms with Crippen LogP contribution in [0.2, 0.25) is 5.02 Å². The Labute approximate surface area is 172 Å². The highest BCUT2D eigenvalue weighted by Crippen LogP contribution is 2.36. The minimum Gasteiger partial charge on any atom is -0.397 e. The number of piperazine rings is 1. The number of nitrogens with zero attached hydrogens (tertiary/aromatic N) is 3. The standard InChI is InChI=1S/C22H29ClN4O/c1-25-5-7-27(8-6-25)22-15-20(23)19(14-21(22)24)18-4-2-3-17(13-18)16-26-9-11-28-12-10-26/h2-4,13-15H,5-12,16,24H2,1H3. The predicted molar refractivity (Wildman–Crippen MR) is 117 cm³/mol. The Hall–Kier alpha value is -1.79. The smallest absolute Gasteiger partial charge is 0.0616 e. The molecule has 0 aliphatic carbocycles. The van der Waals surface area contributed by atoms with Gasteiger partial charge in [0.1, 0.15) is 0 Å². The van der Waals surface area contributed by atoms with E-state index in [0.717, 1.165) is 86.6 Å². The number of rotatable bonds is 4. The summed E-state index contributed by atoms with van der Waals surface area (Å²) in [5.74, 6) is 0. The molecule has 0 amide bonds. The van der Waals surface area contributed by atoms with E-state index in [1.54, 1.807) is 0 Å². The summed E-state index contributed by atoms with van der Waals surface area (Å²) in [4.78, 5) is 7.09. The van der Waals surface area contributed by atoms with Gasteiger partial charge in [0, 0.05) is 51.4 Å². The first-order valence-corrected chi connectivity index (χ1v) is 10.4. The van der Waals surface area contributed by atoms with Gasteiger partial charge in [0.2, 0.25) is 0 Å². The average molecular weight is 401 g/mol. The van der Waals surface area contributed by atoms with Crippen LogP contribution < -0.4 is 10.6 Å². The number of nitrogen functional groups attached to an aromatic ring is 1. The Balaban J connectivity index is 1.55. The quantitative estimate of drug-likeness (QED) is 0.798. The first-order valence-electron chi connectivity index (χ1n) is 10.0. The van der Waals surface area contributed by atoms with Gasteiger partial charge in [-0.05, 0) is 36.4 Å². The minimum absolute atomic E-state index is 0.756. The van der Waals surface area contributed by atoms with E-state index < -0.39 is 0 Å². The molecule has 150 valence electrons. The molecule has 0 aromatic heterocycles. The number of anilines is 2. The maximum Gasteiger partial charge on any atom is 0.0616 e. The fourth-order valence-electron chi connectivity index (χ4n) is 3.98. The third kappa shape index (κ3) is 4.44. The normalized spacial score (nSPS) is 19.1. The number of hydrogen-bond acceptors (Lipinski definition) is 5. The molecule has 5 nitrogen and oxygen atoms in total. The van der Waals surface area contributed by atoms with Gasteiger partial charge in [0.05, 0.1) is 29.6 Å². The molecule has 4 rings (SSSR count). The summed E-state index contributed by atoms with van der Waals surface area (Å²) in [6.45, 7) is 8.58. The van der Waals surface area contributed by atoms with Crippen LogP contribution in [-0.4, -0.2) is 69.3 Å². The first kappa shape index (κ1) is 19.5. The number of ether oxygens (including phenoxy) is 1. The average Bonchev–Trinajstić information content (AvgIpc) is 2.71. The lowest BCUT2D eigenvalue weighted by Gasteiger charge is -2.35. The number of morpholine rings is 1. The molecule has 2 saturated heterocycles. The zero-order valence-electron chi connectivity index (χ0n) is 16.5. The topological polar surface area (TPSA) is 45.0 Å². The van der Waals surface area contributed by atoms with Crippen molar-refractivity contribution in [1.82, 2.24) is 9.80 Å². The summed E-state index contributed by atoms with van der Waals surface area (Å²) in [5, 5.41) is 0.756. The van der Waals surface area contributed by atoms with E-state index in [4.69, 9.17) is 22.1 Å². The van der Waals surface area contributed by atoms with Crippen LogP contribution in [0.1, 0.15) is 5.56 Å². The van der Waals surface area contributed by atoms with Crippen molar-refractivity contribution in [2.24, 2.45) is 0 Å². The number of likely N-dealkylation sites (N-methyl/N-ethyl adjacent to an activating group) is 1. The monoisotopic (exact) mass is 400 g/mol. The molecule has 6 heteroatoms. The molecule has 2 aromatic rings. The molecule has 2 aromatic carbocycles. The van der Waals surface area contributed by atoms with Gasteiger partial charge >= 0.3 is 0 Å². The van der Waals surface area contributed by atoms with Crippen LogP contribution in [0, 0.1) is 0 Å². The second-order valence-electron chi connectivity index (χ2n) is 7.77. The number of benzene rings is 2. The van der Waals surface area contributed by atoms with Crippen molar-refractivity contribution >= 4 is 23.0 Å². The Kier molecular flexibility index (Phi) is 6.07. The highest BCUT2D eigenvalue weighted by Gasteiger charge is 2.18. The van der Waals surface area contributed by atoms with Crippen LogP contribution in [0.25, 0.3) is 11.1 Å². The Morgan fingerprint density at radius 3 is 2.50 bits per heavy atom. The molecular weight excluding hydrogens is 372 g/mol. The zero-order valence-corrected chi connectivity index (χ0v) is 17.3. The van der Waals surface area contributed by atoms with Gasteiger partial charge in [0.15, 0.2) is 0 Å². The highest BCUT2D eigenvalue weighted by molar-refractivity contribution is 6.33. The minimum atomic E-state index is 0.756. The molecule has 0 unspecified atom stereocenters. The third-order valence-electron chi connectivity index (χ3n) is 5.71. The van der Waals surface area contributed by atoms with E-state index in [1.165, 1.54) is 5.56 Å². The number of hydrogen-bond donors (Lipinski definition) is 1. The van der Waals surface area contributed by atoms with Gasteiger partial charge in [-0.2, -0.15) is 0 Å². The first-order chi connectivity index (χ1) is 13.6. The molecule has 2 N–H and O–H groups in total. The lowest BCUT2D eigenvalue weighted by atomic mass is 10.0. The van der Waals surface area contributed by atoms with E-state index in [9.17, 15) is 0 Å². The van der Waals surface area contributed by atoms with Crippen molar-refractivity contribution in [1.29, 1.82) is 0 Å². The molecule has 2 fully saturated rings. The van der Waals surface area contributed by atoms with Crippen LogP contribution in [0.3, 0.4) is 0 Å². The van der Waals surface area contributed by atoms with E-state index in [-0.39, 0.29) is 0 Å². The van der Waals surface area contributed by atoms with Crippen molar-refractivity contribution in [2.75, 3.05) is 70.2 Å². The molecule has 0 atom stereocenters. The van der Waals surface area contributed by atoms with Crippen molar-refractivity contribution in [2.45, 2.75) is 6.54 Å². The molecular formula is C22H29ClN4O. The van der Waals surface area contributed by atoms with E-state index >= 15 is 0 Å². The van der Waals surface area contributed by atoms with E-state index in [0.29, 0.717) is 0 Å². The van der Waals surface area contributed by atoms with Crippen molar-refractivity contribution in [3.05, 3.63) is 47.0 Å². The van der Waals surface area contributed by atoms with Gasteiger partial charge in [-0.1, -0.05) is 29.8 Å². The van der Waals surface area contributed by atoms with Crippen LogP contribution in [0.4, 0.5) is 11.4 Å². The summed E-state index contributed by atoms with van der Waals surface area (Å²) < 4.78 is 5.45. The van der Waals surface area contributed by atoms with Crippen molar-refractivity contribution in [3.63, 3.8) is 0 Å². The van der Waals surface area contributed by atoms with Gasteiger partial charge in [0.25, 0.3) is 0 Å². The van der Waals surface area contributed by atoms with Gasteiger partial charge in [-0.25, -0.2) is 0 Å². The summed E-state index contributed by atoms with van der Waals surface area (Å²) >= 11 is 6.71. The molecule has 0 saturated carbocycles. The number of nitrogens with two attached hydrogens (primary N) is 1. The molecule has 2 aliphatic heterocycles. The maximum absolute atomic E-state index is 6.71. The van der Waals surface area contributed by atoms with Crippen LogP contribution in [0.15, 0.2) is 36.4 Å². The van der Waals surface area contributed by atoms with Crippen molar-refractivity contribution in [3.8, 4) is 11.1 Å². The van der Waals surface area contributed by atoms with Crippen LogP contribution in [0.5, 0.6) is 0 Å². The Morgan fingerprint density at radius 2 is 1.75 bits per heavy atom. The molecule has 28 heavy (non-hydrogen) atoms. The number of halogens is 1. The Morgan fingerprint density at radius 1 is 1.00 bits per heavy atom. The lowest BCUT2D eigenvalue weighted by Crippen LogP contribution is -2.44. The fourth-order valence-corrected chi connectivity index (χ4v) is 4.24. The molecule has 0 bridgehead atoms. The predicted octanol–water partition coefficient (Wildman–Crippen LogP) is 3.17. The summed E-state index contributed by atoms with van der Waals surface area (Å²) in [6.07, 6.45) is 0. The van der Waals surface area contributed by atoms with E-state index in [1.807, 2.05) is 12.1 Å². The zero-order chi connectivity index (χ0) is 19.5. The van der Waals surface area contributed by atoms with Gasteiger partial charge in [-0.15, -0.1) is 0 Å². The molecule has 0 spiro atoms.